The van der Waals surface area contributed by atoms with E-state index in [2.05, 4.69) is 0 Å². The largest absolute Gasteiger partial charge is 1.00 e. The standard InChI is InChI=1S/C12H24NO2.C2H6.CH3.K/c1-10(14)6-11(2,3)8-15-9-12(4,5)7-13;1-2;;/h13H,6-9H2,1-5H3;1-2H3;1H3;/q-1;;-1;+1. The van der Waals surface area contributed by atoms with Crippen molar-refractivity contribution in [2.24, 2.45) is 10.8 Å². The van der Waals surface area contributed by atoms with Gasteiger partial charge in [0.2, 0.25) is 0 Å². The minimum Gasteiger partial charge on any atom is -0.677 e. The molecule has 0 atom stereocenters. The molecular weight excluding hydrogens is 265 g/mol. The molecule has 0 bridgehead atoms. The molecule has 0 unspecified atom stereocenters. The minimum atomic E-state index is -0.0933. The summed E-state index contributed by atoms with van der Waals surface area (Å²) in [6.45, 7) is 15.2. The molecule has 0 fully saturated rings. The summed E-state index contributed by atoms with van der Waals surface area (Å²) in [4.78, 5) is 11.0. The number of nitrogens with one attached hydrogen (secondary N) is 1. The van der Waals surface area contributed by atoms with Crippen molar-refractivity contribution < 1.29 is 60.9 Å². The summed E-state index contributed by atoms with van der Waals surface area (Å²) in [6, 6.07) is 0. The third kappa shape index (κ3) is 19.2. The molecule has 0 saturated heterocycles. The van der Waals surface area contributed by atoms with E-state index in [1.165, 1.54) is 0 Å². The Balaban J connectivity index is -0.000000267. The molecule has 3 nitrogen and oxygen atoms in total. The molecule has 112 valence electrons. The van der Waals surface area contributed by atoms with Crippen molar-refractivity contribution in [1.29, 1.82) is 0 Å². The number of hydrogen-bond acceptors (Lipinski definition) is 2. The average Bonchev–Trinajstić information content (AvgIpc) is 2.18. The quantitative estimate of drug-likeness (QED) is 0.529. The Bertz CT molecular complexity index is 216. The molecule has 0 aliphatic rings. The van der Waals surface area contributed by atoms with Crippen LogP contribution in [0.3, 0.4) is 0 Å². The van der Waals surface area contributed by atoms with Gasteiger partial charge in [0.25, 0.3) is 0 Å². The summed E-state index contributed by atoms with van der Waals surface area (Å²) in [5.74, 6) is 0.198. The minimum absolute atomic E-state index is 0. The fraction of sp³-hybridized carbons (Fsp3) is 0.867. The van der Waals surface area contributed by atoms with Gasteiger partial charge in [-0.2, -0.15) is 0 Å². The van der Waals surface area contributed by atoms with Crippen molar-refractivity contribution in [3.05, 3.63) is 13.2 Å². The average molecular weight is 299 g/mol. The fourth-order valence-corrected chi connectivity index (χ4v) is 1.38. The molecule has 1 N–H and O–H groups in total. The van der Waals surface area contributed by atoms with Crippen LogP contribution >= 0.6 is 0 Å². The molecule has 0 spiro atoms. The third-order valence-electron chi connectivity index (χ3n) is 2.19. The van der Waals surface area contributed by atoms with Crippen molar-refractivity contribution in [2.45, 2.75) is 54.9 Å². The van der Waals surface area contributed by atoms with Gasteiger partial charge in [-0.25, -0.2) is 0 Å². The van der Waals surface area contributed by atoms with Gasteiger partial charge in [0.15, 0.2) is 0 Å². The summed E-state index contributed by atoms with van der Waals surface area (Å²) in [7, 11) is 0. The summed E-state index contributed by atoms with van der Waals surface area (Å²) >= 11 is 0. The molecule has 0 aliphatic carbocycles. The second-order valence-corrected chi connectivity index (χ2v) is 5.88. The summed E-state index contributed by atoms with van der Waals surface area (Å²) < 4.78 is 5.58. The van der Waals surface area contributed by atoms with Crippen LogP contribution in [-0.4, -0.2) is 25.5 Å². The zero-order chi connectivity index (χ0) is 14.1. The molecule has 0 aliphatic heterocycles. The zero-order valence-electron chi connectivity index (χ0n) is 14.6. The van der Waals surface area contributed by atoms with E-state index in [-0.39, 0.29) is 75.4 Å². The fourth-order valence-electron chi connectivity index (χ4n) is 1.38. The molecule has 19 heavy (non-hydrogen) atoms. The molecule has 0 saturated carbocycles. The predicted molar refractivity (Wildman–Crippen MR) is 80.6 cm³/mol. The van der Waals surface area contributed by atoms with Crippen LogP contribution in [0.4, 0.5) is 0 Å². The van der Waals surface area contributed by atoms with E-state index < -0.39 is 0 Å². The Morgan fingerprint density at radius 1 is 1.05 bits per heavy atom. The molecule has 0 aromatic heterocycles. The molecule has 0 heterocycles. The Morgan fingerprint density at radius 3 is 1.74 bits per heavy atom. The van der Waals surface area contributed by atoms with E-state index in [4.69, 9.17) is 10.5 Å². The number of carbonyl (C=O) groups is 1. The number of ketones is 1. The van der Waals surface area contributed by atoms with Gasteiger partial charge in [0, 0.05) is 6.42 Å². The van der Waals surface area contributed by atoms with Crippen LogP contribution < -0.4 is 51.4 Å². The van der Waals surface area contributed by atoms with Crippen LogP contribution in [0, 0.1) is 18.3 Å². The topological polar surface area (TPSA) is 50.1 Å². The van der Waals surface area contributed by atoms with E-state index in [0.29, 0.717) is 26.2 Å². The van der Waals surface area contributed by atoms with Crippen LogP contribution in [0.15, 0.2) is 0 Å². The number of hydrogen-bond donors (Lipinski definition) is 0. The molecular formula is C15H33KNO2-. The van der Waals surface area contributed by atoms with Crippen molar-refractivity contribution in [1.82, 2.24) is 0 Å². The first-order valence-corrected chi connectivity index (χ1v) is 6.40. The monoisotopic (exact) mass is 298 g/mol. The van der Waals surface area contributed by atoms with E-state index in [1.54, 1.807) is 6.92 Å². The first-order chi connectivity index (χ1) is 7.68. The Hall–Kier alpha value is 1.23. The van der Waals surface area contributed by atoms with E-state index in [1.807, 2.05) is 41.5 Å². The first-order valence-electron chi connectivity index (χ1n) is 6.40. The molecule has 0 aromatic carbocycles. The Morgan fingerprint density at radius 2 is 1.42 bits per heavy atom. The van der Waals surface area contributed by atoms with Gasteiger partial charge < -0.3 is 22.7 Å². The van der Waals surface area contributed by atoms with Gasteiger partial charge in [-0.15, -0.1) is 6.54 Å². The van der Waals surface area contributed by atoms with Crippen molar-refractivity contribution >= 4 is 5.78 Å². The van der Waals surface area contributed by atoms with Crippen LogP contribution in [0.2, 0.25) is 0 Å². The maximum absolute atomic E-state index is 11.0. The van der Waals surface area contributed by atoms with Gasteiger partial charge in [-0.1, -0.05) is 41.5 Å². The van der Waals surface area contributed by atoms with Crippen LogP contribution in [0.5, 0.6) is 0 Å². The number of carbonyl (C=O) groups excluding carboxylic acids is 1. The first kappa shape index (κ1) is 28.4. The number of rotatable bonds is 7. The normalized spacial score (nSPS) is 10.5. The molecule has 0 radical (unpaired) electrons. The summed E-state index contributed by atoms with van der Waals surface area (Å²) in [5, 5.41) is 0. The molecule has 0 rings (SSSR count). The zero-order valence-corrected chi connectivity index (χ0v) is 17.8. The second kappa shape index (κ2) is 14.2. The van der Waals surface area contributed by atoms with E-state index >= 15 is 0 Å². The van der Waals surface area contributed by atoms with E-state index in [9.17, 15) is 4.79 Å². The number of ether oxygens (including phenoxy) is 1. The Kier molecular flexibility index (Phi) is 21.2. The van der Waals surface area contributed by atoms with Crippen molar-refractivity contribution in [3.8, 4) is 0 Å². The number of Topliss-reactive ketones (excluding diaryl/α,β-unsaturated/α-hetero) is 1. The molecule has 0 amide bonds. The van der Waals surface area contributed by atoms with Gasteiger partial charge in [0.05, 0.1) is 13.2 Å². The van der Waals surface area contributed by atoms with Crippen molar-refractivity contribution in [2.75, 3.05) is 19.8 Å². The maximum atomic E-state index is 11.0. The second-order valence-electron chi connectivity index (χ2n) is 5.88. The van der Waals surface area contributed by atoms with Crippen molar-refractivity contribution in [3.63, 3.8) is 0 Å². The summed E-state index contributed by atoms with van der Waals surface area (Å²) in [6.07, 6.45) is 0.550. The van der Waals surface area contributed by atoms with Crippen LogP contribution in [-0.2, 0) is 9.53 Å². The van der Waals surface area contributed by atoms with Crippen LogP contribution in [0.1, 0.15) is 54.9 Å². The summed E-state index contributed by atoms with van der Waals surface area (Å²) in [5.41, 5.74) is 7.13. The smallest absolute Gasteiger partial charge is 0.677 e. The predicted octanol–water partition coefficient (Wildman–Crippen LogP) is 1.57. The Labute approximate surface area is 163 Å². The SMILES string of the molecule is CC.CC(=O)CC(C)(C)COCC(C)(C)C[NH-].[CH3-].[K+]. The molecule has 4 heteroatoms. The van der Waals surface area contributed by atoms with Gasteiger partial charge >= 0.3 is 51.4 Å². The van der Waals surface area contributed by atoms with Gasteiger partial charge in [0.1, 0.15) is 5.78 Å². The van der Waals surface area contributed by atoms with Crippen LogP contribution in [0.25, 0.3) is 5.73 Å². The van der Waals surface area contributed by atoms with Gasteiger partial charge in [-0.05, 0) is 17.8 Å². The van der Waals surface area contributed by atoms with Gasteiger partial charge in [-0.3, -0.25) is 0 Å². The van der Waals surface area contributed by atoms with E-state index in [0.717, 1.165) is 0 Å². The maximum Gasteiger partial charge on any atom is 1.00 e. The third-order valence-corrected chi connectivity index (χ3v) is 2.19. The molecule has 0 aromatic rings.